The molecule has 1 aromatic rings. The van der Waals surface area contributed by atoms with Crippen molar-refractivity contribution in [3.8, 4) is 0 Å². The van der Waals surface area contributed by atoms with Gasteiger partial charge in [0.2, 0.25) is 0 Å². The minimum atomic E-state index is -0.295. The lowest BCUT2D eigenvalue weighted by Gasteiger charge is -2.32. The van der Waals surface area contributed by atoms with Crippen LogP contribution in [0.2, 0.25) is 5.02 Å². The van der Waals surface area contributed by atoms with Crippen LogP contribution in [0.5, 0.6) is 0 Å². The van der Waals surface area contributed by atoms with Crippen molar-refractivity contribution in [2.24, 2.45) is 11.8 Å². The van der Waals surface area contributed by atoms with E-state index >= 15 is 0 Å². The van der Waals surface area contributed by atoms with Crippen LogP contribution in [-0.4, -0.2) is 12.6 Å². The molecule has 112 valence electrons. The van der Waals surface area contributed by atoms with Gasteiger partial charge in [-0.1, -0.05) is 50.4 Å². The molecule has 20 heavy (non-hydrogen) atoms. The van der Waals surface area contributed by atoms with E-state index in [9.17, 15) is 4.39 Å². The third kappa shape index (κ3) is 4.20. The highest BCUT2D eigenvalue weighted by Crippen LogP contribution is 2.34. The second-order valence-corrected chi connectivity index (χ2v) is 6.66. The summed E-state index contributed by atoms with van der Waals surface area (Å²) in [5, 5.41) is 3.86. The molecule has 0 saturated heterocycles. The molecule has 1 N–H and O–H groups in total. The summed E-state index contributed by atoms with van der Waals surface area (Å²) in [6, 6.07) is 5.69. The molecule has 0 bridgehead atoms. The van der Waals surface area contributed by atoms with Crippen LogP contribution in [0.25, 0.3) is 0 Å². The summed E-state index contributed by atoms with van der Waals surface area (Å²) in [4.78, 5) is 0. The first-order chi connectivity index (χ1) is 9.58. The molecule has 1 aliphatic carbocycles. The van der Waals surface area contributed by atoms with Crippen LogP contribution in [0.1, 0.15) is 45.1 Å². The first-order valence-electron chi connectivity index (χ1n) is 7.74. The van der Waals surface area contributed by atoms with E-state index in [1.807, 2.05) is 6.07 Å². The first-order valence-corrected chi connectivity index (χ1v) is 8.12. The number of benzene rings is 1. The van der Waals surface area contributed by atoms with Gasteiger partial charge in [0.1, 0.15) is 5.82 Å². The van der Waals surface area contributed by atoms with Gasteiger partial charge in [-0.25, -0.2) is 4.39 Å². The molecule has 1 aliphatic rings. The number of halogens is 2. The third-order valence-electron chi connectivity index (χ3n) is 4.37. The Morgan fingerprint density at radius 2 is 1.95 bits per heavy atom. The molecule has 2 atom stereocenters. The Morgan fingerprint density at radius 1 is 1.25 bits per heavy atom. The van der Waals surface area contributed by atoms with Gasteiger partial charge in [-0.05, 0) is 49.3 Å². The molecule has 1 aromatic carbocycles. The van der Waals surface area contributed by atoms with Crippen molar-refractivity contribution < 1.29 is 4.39 Å². The fraction of sp³-hybridized carbons (Fsp3) is 0.647. The minimum Gasteiger partial charge on any atom is -0.314 e. The maximum atomic E-state index is 13.5. The quantitative estimate of drug-likeness (QED) is 0.821. The van der Waals surface area contributed by atoms with Gasteiger partial charge in [-0.3, -0.25) is 0 Å². The topological polar surface area (TPSA) is 12.0 Å². The molecule has 0 radical (unpaired) electrons. The molecule has 0 heterocycles. The van der Waals surface area contributed by atoms with Gasteiger partial charge in [0.15, 0.2) is 0 Å². The van der Waals surface area contributed by atoms with Crippen molar-refractivity contribution >= 4 is 11.6 Å². The van der Waals surface area contributed by atoms with Crippen molar-refractivity contribution in [2.75, 3.05) is 6.54 Å². The molecule has 0 aliphatic heterocycles. The molecule has 1 nitrogen and oxygen atoms in total. The van der Waals surface area contributed by atoms with Crippen molar-refractivity contribution in [2.45, 2.75) is 52.0 Å². The smallest absolute Gasteiger partial charge is 0.142 e. The van der Waals surface area contributed by atoms with Gasteiger partial charge >= 0.3 is 0 Å². The maximum Gasteiger partial charge on any atom is 0.142 e. The van der Waals surface area contributed by atoms with Crippen LogP contribution in [0.15, 0.2) is 18.2 Å². The van der Waals surface area contributed by atoms with Gasteiger partial charge in [0.25, 0.3) is 0 Å². The van der Waals surface area contributed by atoms with Crippen molar-refractivity contribution in [1.82, 2.24) is 5.32 Å². The Kier molecular flexibility index (Phi) is 5.86. The van der Waals surface area contributed by atoms with Crippen LogP contribution in [-0.2, 0) is 6.42 Å². The normalized spacial score (nSPS) is 23.2. The van der Waals surface area contributed by atoms with E-state index in [-0.39, 0.29) is 5.82 Å². The van der Waals surface area contributed by atoms with Crippen LogP contribution in [0.4, 0.5) is 4.39 Å². The standard InChI is InChI=1S/C17H25ClFN/c1-12(2)20-11-15-7-4-3-6-13(15)10-14-8-5-9-16(19)17(14)18/h5,8-9,12-13,15,20H,3-4,6-7,10-11H2,1-2H3. The Bertz CT molecular complexity index is 433. The van der Waals surface area contributed by atoms with E-state index in [4.69, 9.17) is 11.6 Å². The molecular formula is C17H25ClFN. The van der Waals surface area contributed by atoms with Gasteiger partial charge in [-0.15, -0.1) is 0 Å². The van der Waals surface area contributed by atoms with Gasteiger partial charge < -0.3 is 5.32 Å². The van der Waals surface area contributed by atoms with Crippen LogP contribution in [0, 0.1) is 17.7 Å². The summed E-state index contributed by atoms with van der Waals surface area (Å²) in [6.45, 7) is 5.43. The summed E-state index contributed by atoms with van der Waals surface area (Å²) in [7, 11) is 0. The lowest BCUT2D eigenvalue weighted by atomic mass is 9.76. The summed E-state index contributed by atoms with van der Waals surface area (Å²) in [5.41, 5.74) is 0.966. The lowest BCUT2D eigenvalue weighted by molar-refractivity contribution is 0.224. The molecule has 1 fully saturated rings. The highest BCUT2D eigenvalue weighted by molar-refractivity contribution is 6.31. The van der Waals surface area contributed by atoms with Crippen molar-refractivity contribution in [1.29, 1.82) is 0 Å². The monoisotopic (exact) mass is 297 g/mol. The second kappa shape index (κ2) is 7.42. The van der Waals surface area contributed by atoms with E-state index in [1.54, 1.807) is 6.07 Å². The summed E-state index contributed by atoms with van der Waals surface area (Å²) >= 11 is 6.10. The summed E-state index contributed by atoms with van der Waals surface area (Å²) in [5.74, 6) is 1.01. The fourth-order valence-electron chi connectivity index (χ4n) is 3.20. The van der Waals surface area contributed by atoms with Crippen LogP contribution >= 0.6 is 11.6 Å². The van der Waals surface area contributed by atoms with E-state index in [2.05, 4.69) is 19.2 Å². The third-order valence-corrected chi connectivity index (χ3v) is 4.79. The SMILES string of the molecule is CC(C)NCC1CCCCC1Cc1cccc(F)c1Cl. The van der Waals surface area contributed by atoms with Gasteiger partial charge in [0.05, 0.1) is 5.02 Å². The summed E-state index contributed by atoms with van der Waals surface area (Å²) in [6.07, 6.45) is 6.02. The Hall–Kier alpha value is -0.600. The van der Waals surface area contributed by atoms with E-state index in [1.165, 1.54) is 31.7 Å². The zero-order chi connectivity index (χ0) is 14.5. The number of hydrogen-bond donors (Lipinski definition) is 1. The molecule has 0 amide bonds. The second-order valence-electron chi connectivity index (χ2n) is 6.28. The number of rotatable bonds is 5. The van der Waals surface area contributed by atoms with Crippen LogP contribution in [0.3, 0.4) is 0 Å². The first kappa shape index (κ1) is 15.8. The average Bonchev–Trinajstić information content (AvgIpc) is 2.43. The van der Waals surface area contributed by atoms with Gasteiger partial charge in [0, 0.05) is 6.04 Å². The molecule has 2 unspecified atom stereocenters. The average molecular weight is 298 g/mol. The number of nitrogens with one attached hydrogen (secondary N) is 1. The maximum absolute atomic E-state index is 13.5. The van der Waals surface area contributed by atoms with Crippen molar-refractivity contribution in [3.63, 3.8) is 0 Å². The van der Waals surface area contributed by atoms with Crippen LogP contribution < -0.4 is 5.32 Å². The molecule has 3 heteroatoms. The Morgan fingerprint density at radius 3 is 2.65 bits per heavy atom. The van der Waals surface area contributed by atoms with E-state index in [0.717, 1.165) is 18.5 Å². The zero-order valence-corrected chi connectivity index (χ0v) is 13.2. The fourth-order valence-corrected chi connectivity index (χ4v) is 3.40. The highest BCUT2D eigenvalue weighted by Gasteiger charge is 2.26. The Labute approximate surface area is 126 Å². The van der Waals surface area contributed by atoms with Crippen molar-refractivity contribution in [3.05, 3.63) is 34.6 Å². The molecule has 1 saturated carbocycles. The Balaban J connectivity index is 2.02. The molecule has 2 rings (SSSR count). The largest absolute Gasteiger partial charge is 0.314 e. The number of hydrogen-bond acceptors (Lipinski definition) is 1. The highest BCUT2D eigenvalue weighted by atomic mass is 35.5. The molecule has 0 spiro atoms. The predicted octanol–water partition coefficient (Wildman–Crippen LogP) is 4.83. The van der Waals surface area contributed by atoms with E-state index < -0.39 is 0 Å². The zero-order valence-electron chi connectivity index (χ0n) is 12.5. The van der Waals surface area contributed by atoms with E-state index in [0.29, 0.717) is 22.9 Å². The molecular weight excluding hydrogens is 273 g/mol. The predicted molar refractivity (Wildman–Crippen MR) is 83.7 cm³/mol. The van der Waals surface area contributed by atoms with Gasteiger partial charge in [-0.2, -0.15) is 0 Å². The minimum absolute atomic E-state index is 0.295. The molecule has 0 aromatic heterocycles. The summed E-state index contributed by atoms with van der Waals surface area (Å²) < 4.78 is 13.5. The lowest BCUT2D eigenvalue weighted by Crippen LogP contribution is -2.35.